The van der Waals surface area contributed by atoms with E-state index in [2.05, 4.69) is 4.98 Å². The number of halogens is 1. The van der Waals surface area contributed by atoms with E-state index in [9.17, 15) is 4.79 Å². The molecule has 0 aliphatic carbocycles. The quantitative estimate of drug-likeness (QED) is 0.920. The standard InChI is InChI=1S/C12H10ClNO2S2/c1-6-7(2)17-12(14-6)18-8-3-4-10(13)9(5-8)11(15)16/h3-5H,1-2H3,(H,15,16). The molecular formula is C12H10ClNO2S2. The molecule has 0 radical (unpaired) electrons. The van der Waals surface area contributed by atoms with Gasteiger partial charge in [0.2, 0.25) is 0 Å². The molecule has 1 aromatic heterocycles. The molecule has 0 fully saturated rings. The topological polar surface area (TPSA) is 50.2 Å². The lowest BCUT2D eigenvalue weighted by molar-refractivity contribution is 0.0697. The van der Waals surface area contributed by atoms with Crippen LogP contribution < -0.4 is 0 Å². The maximum absolute atomic E-state index is 11.0. The van der Waals surface area contributed by atoms with Gasteiger partial charge >= 0.3 is 5.97 Å². The second-order valence-electron chi connectivity index (χ2n) is 3.67. The van der Waals surface area contributed by atoms with Crippen molar-refractivity contribution in [2.75, 3.05) is 0 Å². The number of benzene rings is 1. The summed E-state index contributed by atoms with van der Waals surface area (Å²) in [6.45, 7) is 3.97. The Kier molecular flexibility index (Phi) is 3.94. The summed E-state index contributed by atoms with van der Waals surface area (Å²) in [6, 6.07) is 4.97. The van der Waals surface area contributed by atoms with Gasteiger partial charge in [-0.3, -0.25) is 0 Å². The van der Waals surface area contributed by atoms with Gasteiger partial charge in [-0.25, -0.2) is 9.78 Å². The molecule has 2 rings (SSSR count). The Bertz CT molecular complexity index is 591. The molecule has 0 bridgehead atoms. The Hall–Kier alpha value is -1.04. The maximum Gasteiger partial charge on any atom is 0.337 e. The summed E-state index contributed by atoms with van der Waals surface area (Å²) in [4.78, 5) is 17.4. The summed E-state index contributed by atoms with van der Waals surface area (Å²) in [5.74, 6) is -1.02. The van der Waals surface area contributed by atoms with Crippen LogP contribution in [0.3, 0.4) is 0 Å². The minimum absolute atomic E-state index is 0.117. The Morgan fingerprint density at radius 3 is 2.72 bits per heavy atom. The highest BCUT2D eigenvalue weighted by molar-refractivity contribution is 8.01. The Balaban J connectivity index is 2.29. The largest absolute Gasteiger partial charge is 0.478 e. The van der Waals surface area contributed by atoms with Crippen molar-refractivity contribution in [2.24, 2.45) is 0 Å². The maximum atomic E-state index is 11.0. The molecule has 0 saturated heterocycles. The second kappa shape index (κ2) is 5.30. The van der Waals surface area contributed by atoms with E-state index in [4.69, 9.17) is 16.7 Å². The van der Waals surface area contributed by atoms with Crippen molar-refractivity contribution in [1.29, 1.82) is 0 Å². The van der Waals surface area contributed by atoms with E-state index in [0.29, 0.717) is 0 Å². The molecule has 0 aliphatic heterocycles. The molecule has 1 N–H and O–H groups in total. The third kappa shape index (κ3) is 2.85. The van der Waals surface area contributed by atoms with E-state index in [1.165, 1.54) is 16.6 Å². The average molecular weight is 300 g/mol. The summed E-state index contributed by atoms with van der Waals surface area (Å²) >= 11 is 8.87. The molecule has 0 atom stereocenters. The highest BCUT2D eigenvalue weighted by Crippen LogP contribution is 2.34. The van der Waals surface area contributed by atoms with E-state index < -0.39 is 5.97 Å². The zero-order valence-corrected chi connectivity index (χ0v) is 12.1. The van der Waals surface area contributed by atoms with Crippen LogP contribution in [0.1, 0.15) is 20.9 Å². The summed E-state index contributed by atoms with van der Waals surface area (Å²) in [7, 11) is 0. The predicted octanol–water partition coefficient (Wildman–Crippen LogP) is 4.26. The van der Waals surface area contributed by atoms with Crippen molar-refractivity contribution in [1.82, 2.24) is 4.98 Å². The fraction of sp³-hybridized carbons (Fsp3) is 0.167. The number of aryl methyl sites for hydroxylation is 2. The van der Waals surface area contributed by atoms with Crippen LogP contribution in [-0.4, -0.2) is 16.1 Å². The minimum Gasteiger partial charge on any atom is -0.478 e. The van der Waals surface area contributed by atoms with Crippen LogP contribution in [0.25, 0.3) is 0 Å². The summed E-state index contributed by atoms with van der Waals surface area (Å²) < 4.78 is 0.906. The zero-order valence-electron chi connectivity index (χ0n) is 9.73. The van der Waals surface area contributed by atoms with E-state index in [1.807, 2.05) is 13.8 Å². The number of carbonyl (C=O) groups is 1. The van der Waals surface area contributed by atoms with Crippen LogP contribution in [0, 0.1) is 13.8 Å². The van der Waals surface area contributed by atoms with Crippen LogP contribution in [0.2, 0.25) is 5.02 Å². The fourth-order valence-electron chi connectivity index (χ4n) is 1.32. The molecule has 0 spiro atoms. The van der Waals surface area contributed by atoms with Crippen molar-refractivity contribution >= 4 is 40.7 Å². The van der Waals surface area contributed by atoms with E-state index in [-0.39, 0.29) is 10.6 Å². The highest BCUT2D eigenvalue weighted by Gasteiger charge is 2.11. The van der Waals surface area contributed by atoms with Crippen molar-refractivity contribution in [2.45, 2.75) is 23.1 Å². The second-order valence-corrected chi connectivity index (χ2v) is 6.60. The third-order valence-electron chi connectivity index (χ3n) is 2.38. The van der Waals surface area contributed by atoms with Gasteiger partial charge in [0, 0.05) is 9.77 Å². The Morgan fingerprint density at radius 1 is 1.44 bits per heavy atom. The van der Waals surface area contributed by atoms with E-state index in [1.54, 1.807) is 29.5 Å². The van der Waals surface area contributed by atoms with Crippen LogP contribution in [0.15, 0.2) is 27.4 Å². The van der Waals surface area contributed by atoms with Gasteiger partial charge in [-0.2, -0.15) is 0 Å². The number of carboxylic acid groups (broad SMARTS) is 1. The molecule has 0 saturated carbocycles. The van der Waals surface area contributed by atoms with Crippen molar-refractivity contribution in [3.63, 3.8) is 0 Å². The van der Waals surface area contributed by atoms with Gasteiger partial charge < -0.3 is 5.11 Å². The van der Waals surface area contributed by atoms with E-state index >= 15 is 0 Å². The number of aromatic carboxylic acids is 1. The van der Waals surface area contributed by atoms with Crippen LogP contribution in [-0.2, 0) is 0 Å². The van der Waals surface area contributed by atoms with Gasteiger partial charge in [-0.05, 0) is 32.0 Å². The first kappa shape index (κ1) is 13.4. The molecule has 94 valence electrons. The summed E-state index contributed by atoms with van der Waals surface area (Å²) in [5.41, 5.74) is 1.13. The van der Waals surface area contributed by atoms with Gasteiger partial charge in [-0.15, -0.1) is 11.3 Å². The molecule has 0 amide bonds. The van der Waals surface area contributed by atoms with Gasteiger partial charge in [0.05, 0.1) is 16.3 Å². The molecule has 18 heavy (non-hydrogen) atoms. The molecule has 2 aromatic rings. The summed E-state index contributed by atoms with van der Waals surface area (Å²) in [6.07, 6.45) is 0. The van der Waals surface area contributed by atoms with E-state index in [0.717, 1.165) is 14.9 Å². The first-order chi connectivity index (χ1) is 8.47. The minimum atomic E-state index is -1.02. The normalized spacial score (nSPS) is 10.6. The Morgan fingerprint density at radius 2 is 2.17 bits per heavy atom. The van der Waals surface area contributed by atoms with Gasteiger partial charge in [0.15, 0.2) is 4.34 Å². The molecule has 6 heteroatoms. The van der Waals surface area contributed by atoms with Gasteiger partial charge in [-0.1, -0.05) is 23.4 Å². The number of thiazole rings is 1. The van der Waals surface area contributed by atoms with Crippen LogP contribution in [0.5, 0.6) is 0 Å². The van der Waals surface area contributed by atoms with Gasteiger partial charge in [0.1, 0.15) is 0 Å². The number of hydrogen-bond acceptors (Lipinski definition) is 4. The highest BCUT2D eigenvalue weighted by atomic mass is 35.5. The number of hydrogen-bond donors (Lipinski definition) is 1. The number of carboxylic acids is 1. The number of aromatic nitrogens is 1. The lowest BCUT2D eigenvalue weighted by Gasteiger charge is -2.02. The van der Waals surface area contributed by atoms with Crippen molar-refractivity contribution in [3.8, 4) is 0 Å². The lowest BCUT2D eigenvalue weighted by atomic mass is 10.2. The third-order valence-corrected chi connectivity index (χ3v) is 4.83. The first-order valence-electron chi connectivity index (χ1n) is 5.12. The average Bonchev–Trinajstić information content (AvgIpc) is 2.60. The van der Waals surface area contributed by atoms with Gasteiger partial charge in [0.25, 0.3) is 0 Å². The summed E-state index contributed by atoms with van der Waals surface area (Å²) in [5, 5.41) is 9.25. The van der Waals surface area contributed by atoms with Crippen molar-refractivity contribution < 1.29 is 9.90 Å². The number of rotatable bonds is 3. The molecule has 1 aromatic carbocycles. The van der Waals surface area contributed by atoms with Crippen LogP contribution in [0.4, 0.5) is 0 Å². The molecule has 1 heterocycles. The predicted molar refractivity (Wildman–Crippen MR) is 74.1 cm³/mol. The zero-order chi connectivity index (χ0) is 13.3. The van der Waals surface area contributed by atoms with Crippen LogP contribution >= 0.6 is 34.7 Å². The molecule has 0 unspecified atom stereocenters. The molecular weight excluding hydrogens is 290 g/mol. The smallest absolute Gasteiger partial charge is 0.337 e. The lowest BCUT2D eigenvalue weighted by Crippen LogP contribution is -1.97. The molecule has 3 nitrogen and oxygen atoms in total. The fourth-order valence-corrected chi connectivity index (χ4v) is 3.68. The van der Waals surface area contributed by atoms with Crippen molar-refractivity contribution in [3.05, 3.63) is 39.4 Å². The number of nitrogens with zero attached hydrogens (tertiary/aromatic N) is 1. The Labute approximate surface area is 118 Å². The SMILES string of the molecule is Cc1nc(Sc2ccc(Cl)c(C(=O)O)c2)sc1C. The monoisotopic (exact) mass is 299 g/mol. The molecule has 0 aliphatic rings. The first-order valence-corrected chi connectivity index (χ1v) is 7.13.